The van der Waals surface area contributed by atoms with Crippen LogP contribution in [0.3, 0.4) is 0 Å². The van der Waals surface area contributed by atoms with Crippen LogP contribution in [-0.2, 0) is 16.0 Å². The summed E-state index contributed by atoms with van der Waals surface area (Å²) in [5.41, 5.74) is 0.0530. The van der Waals surface area contributed by atoms with Crippen molar-refractivity contribution >= 4 is 23.2 Å². The van der Waals surface area contributed by atoms with Crippen molar-refractivity contribution in [3.63, 3.8) is 0 Å². The number of aliphatic carboxylic acids is 1. The maximum Gasteiger partial charge on any atom is 0.329 e. The van der Waals surface area contributed by atoms with Crippen molar-refractivity contribution in [2.75, 3.05) is 0 Å². The Morgan fingerprint density at radius 3 is 2.58 bits per heavy atom. The van der Waals surface area contributed by atoms with E-state index in [0.717, 1.165) is 5.56 Å². The first kappa shape index (κ1) is 18.1. The van der Waals surface area contributed by atoms with E-state index >= 15 is 0 Å². The third-order valence-corrected chi connectivity index (χ3v) is 4.56. The van der Waals surface area contributed by atoms with E-state index in [9.17, 15) is 19.1 Å². The van der Waals surface area contributed by atoms with Crippen molar-refractivity contribution in [1.29, 1.82) is 0 Å². The summed E-state index contributed by atoms with van der Waals surface area (Å²) >= 11 is 1.36. The molecule has 0 aliphatic rings. The van der Waals surface area contributed by atoms with Crippen LogP contribution in [0.25, 0.3) is 10.6 Å². The Kier molecular flexibility index (Phi) is 5.66. The van der Waals surface area contributed by atoms with Gasteiger partial charge in [-0.2, -0.15) is 0 Å². The topological polar surface area (TPSA) is 79.3 Å². The Balaban J connectivity index is 2.05. The summed E-state index contributed by atoms with van der Waals surface area (Å²) in [6.45, 7) is 3.37. The van der Waals surface area contributed by atoms with Gasteiger partial charge in [-0.3, -0.25) is 4.79 Å². The second kappa shape index (κ2) is 7.53. The van der Waals surface area contributed by atoms with Crippen molar-refractivity contribution < 1.29 is 19.1 Å². The van der Waals surface area contributed by atoms with Gasteiger partial charge in [0.25, 0.3) is 0 Å². The van der Waals surface area contributed by atoms with E-state index in [1.165, 1.54) is 30.4 Å². The summed E-state index contributed by atoms with van der Waals surface area (Å²) < 4.78 is 12.9. The number of halogens is 1. The molecule has 7 heteroatoms. The van der Waals surface area contributed by atoms with Crippen LogP contribution in [0.2, 0.25) is 0 Å². The fourth-order valence-electron chi connectivity index (χ4n) is 2.35. The van der Waals surface area contributed by atoms with Gasteiger partial charge < -0.3 is 10.4 Å². The van der Waals surface area contributed by atoms with Crippen molar-refractivity contribution in [2.24, 2.45) is 0 Å². The summed E-state index contributed by atoms with van der Waals surface area (Å²) in [6, 6.07) is 5.96. The summed E-state index contributed by atoms with van der Waals surface area (Å²) in [6.07, 6.45) is 1.00. The summed E-state index contributed by atoms with van der Waals surface area (Å²) in [5, 5.41) is 14.3. The van der Waals surface area contributed by atoms with Gasteiger partial charge in [0.05, 0.1) is 12.1 Å². The zero-order valence-corrected chi connectivity index (χ0v) is 14.3. The number of nitrogens with zero attached hydrogens (tertiary/aromatic N) is 1. The molecule has 1 amide bonds. The van der Waals surface area contributed by atoms with Crippen LogP contribution in [0.15, 0.2) is 29.6 Å². The van der Waals surface area contributed by atoms with E-state index in [0.29, 0.717) is 23.5 Å². The van der Waals surface area contributed by atoms with Gasteiger partial charge in [-0.25, -0.2) is 14.2 Å². The molecule has 1 unspecified atom stereocenters. The van der Waals surface area contributed by atoms with Crippen LogP contribution in [0.1, 0.15) is 32.4 Å². The highest BCUT2D eigenvalue weighted by Gasteiger charge is 2.33. The maximum atomic E-state index is 12.9. The molecular weight excluding hydrogens is 331 g/mol. The maximum absolute atomic E-state index is 12.9. The van der Waals surface area contributed by atoms with Crippen LogP contribution in [0.4, 0.5) is 4.39 Å². The molecule has 2 aromatic rings. The van der Waals surface area contributed by atoms with Gasteiger partial charge >= 0.3 is 5.97 Å². The van der Waals surface area contributed by atoms with Gasteiger partial charge in [-0.05, 0) is 37.6 Å². The van der Waals surface area contributed by atoms with Crippen molar-refractivity contribution in [2.45, 2.75) is 38.6 Å². The summed E-state index contributed by atoms with van der Waals surface area (Å²) in [5.74, 6) is -1.76. The lowest BCUT2D eigenvalue weighted by atomic mass is 9.96. The minimum atomic E-state index is -1.28. The number of thiazole rings is 1. The molecule has 128 valence electrons. The molecule has 5 nitrogen and oxygen atoms in total. The first-order valence-electron chi connectivity index (χ1n) is 7.59. The summed E-state index contributed by atoms with van der Waals surface area (Å²) in [7, 11) is 0. The van der Waals surface area contributed by atoms with Crippen LogP contribution in [0, 0.1) is 5.82 Å². The zero-order valence-electron chi connectivity index (χ0n) is 13.5. The van der Waals surface area contributed by atoms with Gasteiger partial charge in [0.15, 0.2) is 0 Å². The number of carbonyl (C=O) groups excluding carboxylic acids is 1. The number of amides is 1. The number of benzene rings is 1. The van der Waals surface area contributed by atoms with Crippen LogP contribution in [-0.4, -0.2) is 27.5 Å². The van der Waals surface area contributed by atoms with E-state index in [4.69, 9.17) is 0 Å². The summed E-state index contributed by atoms with van der Waals surface area (Å²) in [4.78, 5) is 27.9. The zero-order chi connectivity index (χ0) is 17.7. The van der Waals surface area contributed by atoms with Gasteiger partial charge in [-0.15, -0.1) is 11.3 Å². The van der Waals surface area contributed by atoms with Gasteiger partial charge in [0, 0.05) is 10.9 Å². The molecule has 0 bridgehead atoms. The fourth-order valence-corrected chi connectivity index (χ4v) is 3.18. The molecule has 0 aliphatic carbocycles. The second-order valence-electron chi connectivity index (χ2n) is 5.76. The monoisotopic (exact) mass is 350 g/mol. The van der Waals surface area contributed by atoms with E-state index in [1.54, 1.807) is 17.5 Å². The Labute approximate surface area is 143 Å². The first-order chi connectivity index (χ1) is 11.3. The minimum Gasteiger partial charge on any atom is -0.480 e. The lowest BCUT2D eigenvalue weighted by Crippen LogP contribution is -2.52. The van der Waals surface area contributed by atoms with E-state index in [1.807, 2.05) is 6.92 Å². The molecule has 0 aliphatic heterocycles. The smallest absolute Gasteiger partial charge is 0.329 e. The Bertz CT molecular complexity index is 730. The van der Waals surface area contributed by atoms with Crippen LogP contribution in [0.5, 0.6) is 0 Å². The Morgan fingerprint density at radius 1 is 1.33 bits per heavy atom. The van der Waals surface area contributed by atoms with Gasteiger partial charge in [-0.1, -0.05) is 13.3 Å². The quantitative estimate of drug-likeness (QED) is 0.803. The molecule has 0 spiro atoms. The van der Waals surface area contributed by atoms with Crippen molar-refractivity contribution in [3.8, 4) is 10.6 Å². The molecule has 1 aromatic carbocycles. The van der Waals surface area contributed by atoms with Gasteiger partial charge in [0.1, 0.15) is 16.4 Å². The lowest BCUT2D eigenvalue weighted by Gasteiger charge is -2.25. The number of nitrogens with one attached hydrogen (secondary N) is 1. The van der Waals surface area contributed by atoms with E-state index in [2.05, 4.69) is 10.3 Å². The molecule has 0 radical (unpaired) electrons. The highest BCUT2D eigenvalue weighted by Crippen LogP contribution is 2.24. The Hall–Kier alpha value is -2.28. The van der Waals surface area contributed by atoms with E-state index in [-0.39, 0.29) is 18.1 Å². The predicted molar refractivity (Wildman–Crippen MR) is 90.3 cm³/mol. The average molecular weight is 350 g/mol. The number of carboxylic acids is 1. The number of aromatic nitrogens is 1. The molecule has 1 aromatic heterocycles. The molecule has 1 atom stereocenters. The predicted octanol–water partition coefficient (Wildman–Crippen LogP) is 3.25. The first-order valence-corrected chi connectivity index (χ1v) is 8.47. The largest absolute Gasteiger partial charge is 0.480 e. The number of carbonyl (C=O) groups is 2. The Morgan fingerprint density at radius 2 is 2.00 bits per heavy atom. The van der Waals surface area contributed by atoms with E-state index < -0.39 is 11.5 Å². The fraction of sp³-hybridized carbons (Fsp3) is 0.353. The molecule has 2 N–H and O–H groups in total. The molecule has 2 rings (SSSR count). The average Bonchev–Trinajstić information content (AvgIpc) is 2.96. The van der Waals surface area contributed by atoms with Crippen LogP contribution >= 0.6 is 11.3 Å². The van der Waals surface area contributed by atoms with Crippen molar-refractivity contribution in [1.82, 2.24) is 10.3 Å². The highest BCUT2D eigenvalue weighted by molar-refractivity contribution is 7.13. The molecule has 0 saturated carbocycles. The highest BCUT2D eigenvalue weighted by atomic mass is 32.1. The van der Waals surface area contributed by atoms with Crippen molar-refractivity contribution in [3.05, 3.63) is 41.2 Å². The molecule has 0 fully saturated rings. The molecule has 24 heavy (non-hydrogen) atoms. The third kappa shape index (κ3) is 4.38. The molecule has 1 heterocycles. The second-order valence-corrected chi connectivity index (χ2v) is 6.62. The standard InChI is InChI=1S/C17H19FN2O3S/c1-3-8-17(2,16(22)23)20-14(21)9-13-10-24-15(19-13)11-4-6-12(18)7-5-11/h4-7,10H,3,8-9H2,1-2H3,(H,20,21)(H,22,23). The number of hydrogen-bond donors (Lipinski definition) is 2. The lowest BCUT2D eigenvalue weighted by molar-refractivity contribution is -0.147. The molecule has 0 saturated heterocycles. The molecular formula is C17H19FN2O3S. The number of rotatable bonds is 7. The van der Waals surface area contributed by atoms with Crippen LogP contribution < -0.4 is 5.32 Å². The number of hydrogen-bond acceptors (Lipinski definition) is 4. The SMILES string of the molecule is CCCC(C)(NC(=O)Cc1csc(-c2ccc(F)cc2)n1)C(=O)O. The third-order valence-electron chi connectivity index (χ3n) is 3.62. The number of carboxylic acid groups (broad SMARTS) is 1. The minimum absolute atomic E-state index is 0.00425. The van der Waals surface area contributed by atoms with Gasteiger partial charge in [0.2, 0.25) is 5.91 Å². The normalized spacial score (nSPS) is 13.3.